The topological polar surface area (TPSA) is 84.8 Å². The average molecular weight is 386 g/mol. The van der Waals surface area contributed by atoms with Crippen LogP contribution in [0.5, 0.6) is 5.75 Å². The molecule has 4 N–H and O–H groups in total. The highest BCUT2D eigenvalue weighted by atomic mass is 16.3. The number of hydrogen-bond donors (Lipinski definition) is 4. The van der Waals surface area contributed by atoms with Crippen molar-refractivity contribution in [2.24, 2.45) is 0 Å². The number of aliphatic hydroxyl groups is 1. The largest absolute Gasteiger partial charge is 0.508 e. The number of phenols is 1. The molecule has 2 aromatic rings. The van der Waals surface area contributed by atoms with E-state index in [0.717, 1.165) is 28.7 Å². The summed E-state index contributed by atoms with van der Waals surface area (Å²) in [5, 5.41) is 24.7. The van der Waals surface area contributed by atoms with Crippen LogP contribution in [0.15, 0.2) is 42.5 Å². The van der Waals surface area contributed by atoms with E-state index < -0.39 is 0 Å². The first-order valence-corrected chi connectivity index (χ1v) is 9.54. The fraction of sp³-hybridized carbons (Fsp3) is 0.409. The Bertz CT molecular complexity index is 760. The number of aromatic hydroxyl groups is 1. The average Bonchev–Trinajstić information content (AvgIpc) is 2.67. The second-order valence-corrected chi connectivity index (χ2v) is 7.31. The van der Waals surface area contributed by atoms with Crippen LogP contribution < -0.4 is 10.6 Å². The van der Waals surface area contributed by atoms with Crippen LogP contribution in [0, 0.1) is 6.92 Å². The van der Waals surface area contributed by atoms with Crippen molar-refractivity contribution in [2.75, 3.05) is 27.2 Å². The molecule has 0 unspecified atom stereocenters. The van der Waals surface area contributed by atoms with Crippen LogP contribution >= 0.6 is 0 Å². The summed E-state index contributed by atoms with van der Waals surface area (Å²) in [5.74, 6) is 0.251. The van der Waals surface area contributed by atoms with Crippen molar-refractivity contribution in [3.8, 4) is 5.75 Å². The number of carbonyl (C=O) groups is 1. The van der Waals surface area contributed by atoms with Crippen LogP contribution in [-0.2, 0) is 19.4 Å². The summed E-state index contributed by atoms with van der Waals surface area (Å²) < 4.78 is 0. The monoisotopic (exact) mass is 385 g/mol. The third-order valence-electron chi connectivity index (χ3n) is 4.85. The lowest BCUT2D eigenvalue weighted by atomic mass is 10.0. The van der Waals surface area contributed by atoms with Crippen molar-refractivity contribution in [2.45, 2.75) is 32.4 Å². The highest BCUT2D eigenvalue weighted by Crippen LogP contribution is 2.13. The molecular formula is C22H31N3O3. The van der Waals surface area contributed by atoms with Gasteiger partial charge >= 0.3 is 6.03 Å². The normalized spacial score (nSPS) is 12.0. The van der Waals surface area contributed by atoms with Gasteiger partial charge in [-0.2, -0.15) is 0 Å². The summed E-state index contributed by atoms with van der Waals surface area (Å²) >= 11 is 0. The Kier molecular flexibility index (Phi) is 8.29. The van der Waals surface area contributed by atoms with E-state index in [0.29, 0.717) is 19.5 Å². The lowest BCUT2D eigenvalue weighted by Gasteiger charge is -2.25. The second kappa shape index (κ2) is 10.7. The molecule has 0 saturated carbocycles. The minimum atomic E-state index is -0.199. The van der Waals surface area contributed by atoms with Crippen LogP contribution in [0.4, 0.5) is 4.79 Å². The minimum Gasteiger partial charge on any atom is -0.508 e. The van der Waals surface area contributed by atoms with Crippen LogP contribution in [0.1, 0.15) is 22.3 Å². The third kappa shape index (κ3) is 6.87. The maximum absolute atomic E-state index is 12.1. The van der Waals surface area contributed by atoms with Crippen molar-refractivity contribution in [3.63, 3.8) is 0 Å². The number of rotatable bonds is 9. The number of aliphatic hydroxyl groups excluding tert-OH is 1. The lowest BCUT2D eigenvalue weighted by Crippen LogP contribution is -2.45. The maximum Gasteiger partial charge on any atom is 0.314 e. The number of nitrogens with one attached hydrogen (secondary N) is 2. The number of amides is 2. The molecule has 28 heavy (non-hydrogen) atoms. The molecule has 0 saturated heterocycles. The molecule has 1 atom stereocenters. The van der Waals surface area contributed by atoms with Gasteiger partial charge in [0.25, 0.3) is 0 Å². The molecule has 0 bridgehead atoms. The van der Waals surface area contributed by atoms with Crippen LogP contribution in [0.2, 0.25) is 0 Å². The van der Waals surface area contributed by atoms with Gasteiger partial charge in [0.15, 0.2) is 0 Å². The minimum absolute atomic E-state index is 0.00495. The molecule has 0 spiro atoms. The fourth-order valence-electron chi connectivity index (χ4n) is 3.07. The van der Waals surface area contributed by atoms with Gasteiger partial charge < -0.3 is 25.7 Å². The van der Waals surface area contributed by atoms with E-state index in [9.17, 15) is 15.0 Å². The van der Waals surface area contributed by atoms with Crippen molar-refractivity contribution in [3.05, 3.63) is 64.7 Å². The molecule has 0 heterocycles. The van der Waals surface area contributed by atoms with Gasteiger partial charge in [-0.3, -0.25) is 0 Å². The number of carbonyl (C=O) groups excluding carboxylic acids is 1. The zero-order valence-electron chi connectivity index (χ0n) is 16.9. The zero-order chi connectivity index (χ0) is 20.5. The molecule has 6 heteroatoms. The molecule has 0 radical (unpaired) electrons. The fourth-order valence-corrected chi connectivity index (χ4v) is 3.07. The Hall–Kier alpha value is -2.57. The molecule has 2 amide bonds. The number of hydrogen-bond acceptors (Lipinski definition) is 4. The van der Waals surface area contributed by atoms with Gasteiger partial charge in [0.2, 0.25) is 0 Å². The molecule has 0 aliphatic carbocycles. The molecule has 0 aliphatic rings. The van der Waals surface area contributed by atoms with Gasteiger partial charge in [-0.1, -0.05) is 35.9 Å². The summed E-state index contributed by atoms with van der Waals surface area (Å²) in [5.41, 5.74) is 4.17. The van der Waals surface area contributed by atoms with Gasteiger partial charge in [0.1, 0.15) is 5.75 Å². The number of nitrogens with zero attached hydrogens (tertiary/aromatic N) is 1. The molecule has 152 valence electrons. The van der Waals surface area contributed by atoms with E-state index in [4.69, 9.17) is 0 Å². The van der Waals surface area contributed by atoms with E-state index in [1.165, 1.54) is 0 Å². The van der Waals surface area contributed by atoms with Crippen LogP contribution in [0.25, 0.3) is 0 Å². The number of urea groups is 1. The Balaban J connectivity index is 1.79. The van der Waals surface area contributed by atoms with Gasteiger partial charge in [-0.15, -0.1) is 0 Å². The Morgan fingerprint density at radius 1 is 1.07 bits per heavy atom. The van der Waals surface area contributed by atoms with E-state index in [-0.39, 0.29) is 24.4 Å². The molecule has 0 fully saturated rings. The molecule has 6 nitrogen and oxygen atoms in total. The Morgan fingerprint density at radius 2 is 1.79 bits per heavy atom. The van der Waals surface area contributed by atoms with E-state index in [2.05, 4.69) is 15.5 Å². The molecule has 2 rings (SSSR count). The summed E-state index contributed by atoms with van der Waals surface area (Å²) in [6.07, 6.45) is 1.45. The molecular weight excluding hydrogens is 354 g/mol. The summed E-state index contributed by atoms with van der Waals surface area (Å²) in [7, 11) is 3.97. The van der Waals surface area contributed by atoms with Gasteiger partial charge in [-0.05, 0) is 62.7 Å². The van der Waals surface area contributed by atoms with Gasteiger partial charge in [0, 0.05) is 19.1 Å². The number of phenolic OH excluding ortho intramolecular Hbond substituents is 1. The quantitative estimate of drug-likeness (QED) is 0.533. The first kappa shape index (κ1) is 21.7. The molecule has 2 aromatic carbocycles. The predicted octanol–water partition coefficient (Wildman–Crippen LogP) is 2.21. The first-order chi connectivity index (χ1) is 13.4. The predicted molar refractivity (Wildman–Crippen MR) is 111 cm³/mol. The second-order valence-electron chi connectivity index (χ2n) is 7.31. The Labute approximate surface area is 167 Å². The van der Waals surface area contributed by atoms with Gasteiger partial charge in [0.05, 0.1) is 6.61 Å². The maximum atomic E-state index is 12.1. The smallest absolute Gasteiger partial charge is 0.314 e. The molecule has 0 aliphatic heterocycles. The van der Waals surface area contributed by atoms with Gasteiger partial charge in [-0.25, -0.2) is 4.79 Å². The SMILES string of the molecule is Cc1ccc(CCNC(=O)NC[C@H](Cc2ccc(O)cc2)N(C)C)c(CO)c1. The standard InChI is InChI=1S/C22H31N3O3/c1-16-4-7-18(19(12-16)15-26)10-11-23-22(28)24-14-20(25(2)3)13-17-5-8-21(27)9-6-17/h4-9,12,20,26-27H,10-11,13-15H2,1-3H3,(H2,23,24,28)/t20-/m0/s1. The van der Waals surface area contributed by atoms with Crippen molar-refractivity contribution < 1.29 is 15.0 Å². The number of benzene rings is 2. The van der Waals surface area contributed by atoms with E-state index >= 15 is 0 Å². The van der Waals surface area contributed by atoms with E-state index in [1.54, 1.807) is 12.1 Å². The third-order valence-corrected chi connectivity index (χ3v) is 4.85. The number of likely N-dealkylation sites (N-methyl/N-ethyl adjacent to an activating group) is 1. The highest BCUT2D eigenvalue weighted by Gasteiger charge is 2.14. The summed E-state index contributed by atoms with van der Waals surface area (Å²) in [4.78, 5) is 14.2. The first-order valence-electron chi connectivity index (χ1n) is 9.54. The zero-order valence-corrected chi connectivity index (χ0v) is 16.9. The molecule has 0 aromatic heterocycles. The number of aryl methyl sites for hydroxylation is 1. The van der Waals surface area contributed by atoms with Crippen molar-refractivity contribution >= 4 is 6.03 Å². The van der Waals surface area contributed by atoms with Crippen LogP contribution in [-0.4, -0.2) is 54.4 Å². The van der Waals surface area contributed by atoms with E-state index in [1.807, 2.05) is 51.4 Å². The highest BCUT2D eigenvalue weighted by molar-refractivity contribution is 5.73. The van der Waals surface area contributed by atoms with Crippen molar-refractivity contribution in [1.29, 1.82) is 0 Å². The van der Waals surface area contributed by atoms with Crippen LogP contribution in [0.3, 0.4) is 0 Å². The summed E-state index contributed by atoms with van der Waals surface area (Å²) in [6.45, 7) is 3.03. The van der Waals surface area contributed by atoms with Crippen molar-refractivity contribution in [1.82, 2.24) is 15.5 Å². The summed E-state index contributed by atoms with van der Waals surface area (Å²) in [6, 6.07) is 13.1. The lowest BCUT2D eigenvalue weighted by molar-refractivity contribution is 0.232. The Morgan fingerprint density at radius 3 is 2.43 bits per heavy atom.